The topological polar surface area (TPSA) is 39.7 Å². The molecule has 3 rings (SSSR count). The molecule has 0 spiro atoms. The number of aromatic nitrogens is 1. The number of amides is 1. The van der Waals surface area contributed by atoms with E-state index in [1.165, 1.54) is 71.2 Å². The van der Waals surface area contributed by atoms with Crippen LogP contribution in [0.15, 0.2) is 5.38 Å². The molecule has 1 amide bonds. The van der Waals surface area contributed by atoms with Crippen molar-refractivity contribution in [1.82, 2.24) is 19.7 Å². The predicted octanol–water partition coefficient (Wildman–Crippen LogP) is 2.86. The second-order valence-corrected chi connectivity index (χ2v) is 9.10. The fraction of sp³-hybridized carbons (Fsp3) is 0.800. The lowest BCUT2D eigenvalue weighted by Crippen LogP contribution is -2.41. The van der Waals surface area contributed by atoms with Gasteiger partial charge in [-0.15, -0.1) is 11.3 Å². The first kappa shape index (κ1) is 19.8. The minimum absolute atomic E-state index is 0.126. The summed E-state index contributed by atoms with van der Waals surface area (Å²) in [5.74, 6) is 0.927. The Kier molecular flexibility index (Phi) is 7.46. The molecule has 0 bridgehead atoms. The van der Waals surface area contributed by atoms with Crippen LogP contribution in [0.3, 0.4) is 0 Å². The number of rotatable bonds is 6. The quantitative estimate of drug-likeness (QED) is 0.763. The highest BCUT2D eigenvalue weighted by Gasteiger charge is 2.23. The van der Waals surface area contributed by atoms with Crippen LogP contribution >= 0.6 is 11.3 Å². The summed E-state index contributed by atoms with van der Waals surface area (Å²) in [4.78, 5) is 23.5. The molecule has 3 heterocycles. The molecule has 2 aliphatic heterocycles. The molecular weight excluding hydrogens is 344 g/mol. The van der Waals surface area contributed by atoms with Gasteiger partial charge in [-0.05, 0) is 51.2 Å². The monoisotopic (exact) mass is 378 g/mol. The first-order valence-corrected chi connectivity index (χ1v) is 11.1. The summed E-state index contributed by atoms with van der Waals surface area (Å²) in [7, 11) is 3.60. The van der Waals surface area contributed by atoms with Gasteiger partial charge in [0.05, 0.1) is 12.1 Å². The van der Waals surface area contributed by atoms with Crippen molar-refractivity contribution in [2.45, 2.75) is 51.5 Å². The molecule has 5 nitrogen and oxygen atoms in total. The molecule has 6 heteroatoms. The maximum atomic E-state index is 11.8. The lowest BCUT2D eigenvalue weighted by Gasteiger charge is -2.35. The van der Waals surface area contributed by atoms with Gasteiger partial charge in [0.2, 0.25) is 5.91 Å². The number of likely N-dealkylation sites (N-methyl/N-ethyl adjacent to an activating group) is 1. The molecule has 26 heavy (non-hydrogen) atoms. The zero-order valence-electron chi connectivity index (χ0n) is 16.5. The number of likely N-dealkylation sites (tertiary alicyclic amines) is 2. The average Bonchev–Trinajstić information content (AvgIpc) is 2.88. The van der Waals surface area contributed by atoms with E-state index in [-0.39, 0.29) is 5.91 Å². The Hall–Kier alpha value is -0.980. The van der Waals surface area contributed by atoms with Crippen molar-refractivity contribution in [1.29, 1.82) is 0 Å². The minimum atomic E-state index is 0.126. The van der Waals surface area contributed by atoms with Gasteiger partial charge in [0, 0.05) is 39.1 Å². The van der Waals surface area contributed by atoms with Crippen molar-refractivity contribution in [2.75, 3.05) is 46.8 Å². The van der Waals surface area contributed by atoms with Crippen LogP contribution in [0.1, 0.15) is 49.2 Å². The Morgan fingerprint density at radius 3 is 2.62 bits per heavy atom. The van der Waals surface area contributed by atoms with Crippen LogP contribution in [0.5, 0.6) is 0 Å². The number of hydrogen-bond acceptors (Lipinski definition) is 5. The van der Waals surface area contributed by atoms with Crippen molar-refractivity contribution in [3.05, 3.63) is 16.1 Å². The molecule has 2 fully saturated rings. The Balaban J connectivity index is 1.47. The average molecular weight is 379 g/mol. The number of piperidine rings is 1. The van der Waals surface area contributed by atoms with E-state index in [1.807, 2.05) is 0 Å². The van der Waals surface area contributed by atoms with Gasteiger partial charge in [0.25, 0.3) is 0 Å². The van der Waals surface area contributed by atoms with E-state index < -0.39 is 0 Å². The fourth-order valence-corrected chi connectivity index (χ4v) is 4.92. The largest absolute Gasteiger partial charge is 0.348 e. The van der Waals surface area contributed by atoms with Crippen LogP contribution in [0, 0.1) is 5.92 Å². The highest BCUT2D eigenvalue weighted by atomic mass is 32.1. The number of carbonyl (C=O) groups excluding carboxylic acids is 1. The second-order valence-electron chi connectivity index (χ2n) is 8.16. The first-order chi connectivity index (χ1) is 12.6. The van der Waals surface area contributed by atoms with E-state index in [0.29, 0.717) is 6.42 Å². The van der Waals surface area contributed by atoms with Gasteiger partial charge < -0.3 is 9.80 Å². The van der Waals surface area contributed by atoms with Gasteiger partial charge in [0.1, 0.15) is 5.01 Å². The lowest BCUT2D eigenvalue weighted by atomic mass is 9.97. The van der Waals surface area contributed by atoms with Gasteiger partial charge >= 0.3 is 0 Å². The number of hydrogen-bond donors (Lipinski definition) is 0. The van der Waals surface area contributed by atoms with Crippen LogP contribution in [-0.4, -0.2) is 72.4 Å². The van der Waals surface area contributed by atoms with Crippen molar-refractivity contribution < 1.29 is 4.79 Å². The maximum Gasteiger partial charge on any atom is 0.228 e. The van der Waals surface area contributed by atoms with Crippen molar-refractivity contribution in [2.24, 2.45) is 5.92 Å². The normalized spacial score (nSPS) is 22.9. The molecule has 0 saturated carbocycles. The predicted molar refractivity (Wildman–Crippen MR) is 107 cm³/mol. The summed E-state index contributed by atoms with van der Waals surface area (Å²) in [6, 6.07) is 0. The molecule has 146 valence electrons. The van der Waals surface area contributed by atoms with Crippen LogP contribution in [0.4, 0.5) is 0 Å². The Morgan fingerprint density at radius 1 is 1.15 bits per heavy atom. The molecule has 1 aromatic heterocycles. The zero-order chi connectivity index (χ0) is 18.4. The highest BCUT2D eigenvalue weighted by Crippen LogP contribution is 2.22. The summed E-state index contributed by atoms with van der Waals surface area (Å²) in [5.41, 5.74) is 1.13. The van der Waals surface area contributed by atoms with E-state index in [2.05, 4.69) is 15.2 Å². The van der Waals surface area contributed by atoms with E-state index in [4.69, 9.17) is 4.98 Å². The standard InChI is InChI=1S/C20H34N4OS/c1-22(2)20(25)12-19-21-18(16-26-19)15-24-11-7-8-17(14-24)13-23-9-5-3-4-6-10-23/h16-17H,3-15H2,1-2H3. The third-order valence-corrected chi connectivity index (χ3v) is 6.50. The lowest BCUT2D eigenvalue weighted by molar-refractivity contribution is -0.127. The molecule has 0 N–H and O–H groups in total. The smallest absolute Gasteiger partial charge is 0.228 e. The van der Waals surface area contributed by atoms with E-state index in [0.717, 1.165) is 23.2 Å². The maximum absolute atomic E-state index is 11.8. The Labute approximate surface area is 162 Å². The molecule has 2 aliphatic rings. The van der Waals surface area contributed by atoms with Crippen LogP contribution in [0.25, 0.3) is 0 Å². The molecule has 0 aliphatic carbocycles. The molecule has 0 radical (unpaired) electrons. The number of carbonyl (C=O) groups is 1. The Morgan fingerprint density at radius 2 is 1.88 bits per heavy atom. The third kappa shape index (κ3) is 6.03. The molecular formula is C20H34N4OS. The van der Waals surface area contributed by atoms with Crippen molar-refractivity contribution >= 4 is 17.2 Å². The second kappa shape index (κ2) is 9.81. The highest BCUT2D eigenvalue weighted by molar-refractivity contribution is 7.09. The molecule has 1 unspecified atom stereocenters. The van der Waals surface area contributed by atoms with Gasteiger partial charge in [-0.2, -0.15) is 0 Å². The zero-order valence-corrected chi connectivity index (χ0v) is 17.3. The van der Waals surface area contributed by atoms with Gasteiger partial charge in [-0.1, -0.05) is 12.8 Å². The molecule has 1 atom stereocenters. The van der Waals surface area contributed by atoms with E-state index >= 15 is 0 Å². The van der Waals surface area contributed by atoms with Crippen LogP contribution in [-0.2, 0) is 17.8 Å². The fourth-order valence-electron chi connectivity index (χ4n) is 4.15. The summed E-state index contributed by atoms with van der Waals surface area (Å²) in [5, 5.41) is 3.08. The van der Waals surface area contributed by atoms with E-state index in [9.17, 15) is 4.79 Å². The molecule has 1 aromatic rings. The molecule has 0 aromatic carbocycles. The summed E-state index contributed by atoms with van der Waals surface area (Å²) >= 11 is 1.62. The molecule has 2 saturated heterocycles. The third-order valence-electron chi connectivity index (χ3n) is 5.60. The van der Waals surface area contributed by atoms with Gasteiger partial charge in [-0.3, -0.25) is 9.69 Å². The summed E-state index contributed by atoms with van der Waals surface area (Å²) in [6.07, 6.45) is 8.68. The van der Waals surface area contributed by atoms with E-state index in [1.54, 1.807) is 30.3 Å². The SMILES string of the molecule is CN(C)C(=O)Cc1nc(CN2CCCC(CN3CCCCCC3)C2)cs1. The van der Waals surface area contributed by atoms with Crippen LogP contribution < -0.4 is 0 Å². The minimum Gasteiger partial charge on any atom is -0.348 e. The number of thiazole rings is 1. The summed E-state index contributed by atoms with van der Waals surface area (Å²) < 4.78 is 0. The first-order valence-electron chi connectivity index (χ1n) is 10.2. The van der Waals surface area contributed by atoms with Gasteiger partial charge in [-0.25, -0.2) is 4.98 Å². The van der Waals surface area contributed by atoms with Crippen LogP contribution in [0.2, 0.25) is 0 Å². The van der Waals surface area contributed by atoms with Crippen molar-refractivity contribution in [3.8, 4) is 0 Å². The van der Waals surface area contributed by atoms with Gasteiger partial charge in [0.15, 0.2) is 0 Å². The number of nitrogens with zero attached hydrogens (tertiary/aromatic N) is 4. The summed E-state index contributed by atoms with van der Waals surface area (Å²) in [6.45, 7) is 7.18. The van der Waals surface area contributed by atoms with Crippen molar-refractivity contribution in [3.63, 3.8) is 0 Å². The Bertz CT molecular complexity index is 566.